The van der Waals surface area contributed by atoms with Crippen LogP contribution in [0.3, 0.4) is 0 Å². The molecule has 10 heteroatoms. The molecule has 0 aromatic heterocycles. The second-order valence-corrected chi connectivity index (χ2v) is 7.89. The van der Waals surface area contributed by atoms with Crippen LogP contribution in [0.2, 0.25) is 0 Å². The van der Waals surface area contributed by atoms with E-state index in [1.165, 1.54) is 31.2 Å². The molecule has 2 aromatic carbocycles. The maximum Gasteiger partial charge on any atom is 0.343 e. The first kappa shape index (κ1) is 24.7. The van der Waals surface area contributed by atoms with Crippen molar-refractivity contribution in [3.05, 3.63) is 82.6 Å². The van der Waals surface area contributed by atoms with Crippen molar-refractivity contribution in [3.8, 4) is 11.5 Å². The summed E-state index contributed by atoms with van der Waals surface area (Å²) >= 11 is 0. The van der Waals surface area contributed by atoms with Crippen molar-refractivity contribution in [2.75, 3.05) is 13.2 Å². The lowest BCUT2D eigenvalue weighted by Crippen LogP contribution is -2.52. The van der Waals surface area contributed by atoms with Crippen LogP contribution in [-0.4, -0.2) is 25.1 Å². The highest BCUT2D eigenvalue weighted by Gasteiger charge is 2.70. The first-order valence-corrected chi connectivity index (χ1v) is 10.8. The summed E-state index contributed by atoms with van der Waals surface area (Å²) in [5.74, 6) is -20.0. The zero-order valence-electron chi connectivity index (χ0n) is 18.6. The van der Waals surface area contributed by atoms with Gasteiger partial charge in [0.1, 0.15) is 5.75 Å². The second kappa shape index (κ2) is 8.98. The lowest BCUT2D eigenvalue weighted by molar-refractivity contribution is -0.251. The van der Waals surface area contributed by atoms with Crippen molar-refractivity contribution in [2.24, 2.45) is 5.92 Å². The molecule has 0 N–H and O–H groups in total. The minimum absolute atomic E-state index is 0.0409. The van der Waals surface area contributed by atoms with Gasteiger partial charge >= 0.3 is 17.8 Å². The lowest BCUT2D eigenvalue weighted by Gasteiger charge is -2.43. The van der Waals surface area contributed by atoms with E-state index >= 15 is 13.2 Å². The summed E-state index contributed by atoms with van der Waals surface area (Å²) in [4.78, 5) is 12.4. The van der Waals surface area contributed by atoms with E-state index in [-0.39, 0.29) is 12.2 Å². The van der Waals surface area contributed by atoms with Crippen LogP contribution in [0.15, 0.2) is 60.1 Å². The Hall–Kier alpha value is -3.43. The van der Waals surface area contributed by atoms with Gasteiger partial charge in [-0.3, -0.25) is 0 Å². The Morgan fingerprint density at radius 3 is 2.23 bits per heavy atom. The molecule has 4 rings (SSSR count). The van der Waals surface area contributed by atoms with Gasteiger partial charge in [0.05, 0.1) is 30.3 Å². The Labute approximate surface area is 196 Å². The molecular formula is C25H20F6O4. The Morgan fingerprint density at radius 1 is 0.943 bits per heavy atom. The highest BCUT2D eigenvalue weighted by Crippen LogP contribution is 2.62. The third-order valence-corrected chi connectivity index (χ3v) is 5.85. The van der Waals surface area contributed by atoms with E-state index in [4.69, 9.17) is 14.2 Å². The third kappa shape index (κ3) is 3.94. The number of carbonyl (C=O) groups excluding carboxylic acids is 1. The van der Waals surface area contributed by atoms with E-state index < -0.39 is 63.9 Å². The van der Waals surface area contributed by atoms with Crippen LogP contribution in [0.4, 0.5) is 26.3 Å². The van der Waals surface area contributed by atoms with E-state index in [9.17, 15) is 18.0 Å². The molecule has 0 heterocycles. The number of rotatable bonds is 6. The van der Waals surface area contributed by atoms with Crippen LogP contribution in [0.5, 0.6) is 11.5 Å². The van der Waals surface area contributed by atoms with Gasteiger partial charge in [0.2, 0.25) is 0 Å². The van der Waals surface area contributed by atoms with E-state index in [1.807, 2.05) is 0 Å². The molecule has 0 bridgehead atoms. The summed E-state index contributed by atoms with van der Waals surface area (Å²) in [7, 11) is 0. The number of benzene rings is 2. The number of carbonyl (C=O) groups is 1. The molecule has 2 atom stereocenters. The second-order valence-electron chi connectivity index (χ2n) is 7.89. The smallest absolute Gasteiger partial charge is 0.343 e. The fourth-order valence-corrected chi connectivity index (χ4v) is 4.25. The Morgan fingerprint density at radius 2 is 1.60 bits per heavy atom. The summed E-state index contributed by atoms with van der Waals surface area (Å²) in [6.07, 6.45) is 1.90. The van der Waals surface area contributed by atoms with Crippen molar-refractivity contribution in [2.45, 2.75) is 31.6 Å². The molecule has 0 saturated heterocycles. The highest BCUT2D eigenvalue weighted by molar-refractivity contribution is 5.90. The summed E-state index contributed by atoms with van der Waals surface area (Å²) in [6, 6.07) is 7.59. The van der Waals surface area contributed by atoms with Crippen molar-refractivity contribution in [1.29, 1.82) is 0 Å². The SMILES string of the molecule is CCOc1ccc(C(=O)OC2=C(F)C3C(C=C2)c2ccc(OCC)c(F)c2C(F)(F)C3(F)F)cc1. The zero-order chi connectivity index (χ0) is 25.5. The molecule has 2 aliphatic carbocycles. The van der Waals surface area contributed by atoms with Crippen LogP contribution >= 0.6 is 0 Å². The Balaban J connectivity index is 1.71. The molecule has 0 amide bonds. The quantitative estimate of drug-likeness (QED) is 0.330. The van der Waals surface area contributed by atoms with Gasteiger partial charge < -0.3 is 14.2 Å². The molecule has 0 spiro atoms. The number of halogens is 6. The van der Waals surface area contributed by atoms with Gasteiger partial charge in [-0.2, -0.15) is 17.6 Å². The van der Waals surface area contributed by atoms with Gasteiger partial charge in [-0.05, 0) is 55.8 Å². The topological polar surface area (TPSA) is 44.8 Å². The molecule has 0 saturated carbocycles. The molecule has 186 valence electrons. The standard InChI is InChI=1S/C25H20F6O4/c1-3-33-14-7-5-13(6-8-14)23(32)35-18-12-10-16-15-9-11-17(34-4-2)21(26)19(15)24(28,29)25(30,31)20(16)22(18)27/h5-12,16,20H,3-4H2,1-2H3. The molecule has 2 aromatic rings. The molecule has 0 fully saturated rings. The highest BCUT2D eigenvalue weighted by atomic mass is 19.3. The Kier molecular flexibility index (Phi) is 6.33. The summed E-state index contributed by atoms with van der Waals surface area (Å²) in [6.45, 7) is 3.54. The van der Waals surface area contributed by atoms with Crippen LogP contribution in [0.1, 0.15) is 41.3 Å². The number of alkyl halides is 4. The molecule has 0 radical (unpaired) electrons. The van der Waals surface area contributed by atoms with Gasteiger partial charge in [0.25, 0.3) is 0 Å². The fourth-order valence-electron chi connectivity index (χ4n) is 4.25. The van der Waals surface area contributed by atoms with Gasteiger partial charge in [0.15, 0.2) is 23.2 Å². The lowest BCUT2D eigenvalue weighted by atomic mass is 9.68. The number of allylic oxidation sites excluding steroid dienone is 3. The molecule has 4 nitrogen and oxygen atoms in total. The average molecular weight is 498 g/mol. The van der Waals surface area contributed by atoms with Crippen molar-refractivity contribution in [3.63, 3.8) is 0 Å². The largest absolute Gasteiger partial charge is 0.494 e. The maximum absolute atomic E-state index is 15.3. The van der Waals surface area contributed by atoms with Gasteiger partial charge in [0, 0.05) is 5.92 Å². The predicted molar refractivity (Wildman–Crippen MR) is 113 cm³/mol. The predicted octanol–water partition coefficient (Wildman–Crippen LogP) is 6.67. The zero-order valence-corrected chi connectivity index (χ0v) is 18.6. The number of fused-ring (bicyclic) bond motifs is 3. The first-order chi connectivity index (χ1) is 16.5. The van der Waals surface area contributed by atoms with Gasteiger partial charge in [-0.1, -0.05) is 12.1 Å². The third-order valence-electron chi connectivity index (χ3n) is 5.85. The summed E-state index contributed by atoms with van der Waals surface area (Å²) in [5.41, 5.74) is -2.09. The number of esters is 1. The van der Waals surface area contributed by atoms with Gasteiger partial charge in [-0.25, -0.2) is 13.6 Å². The number of hydrogen-bond acceptors (Lipinski definition) is 4. The van der Waals surface area contributed by atoms with Crippen molar-refractivity contribution in [1.82, 2.24) is 0 Å². The summed E-state index contributed by atoms with van der Waals surface area (Å²) in [5, 5.41) is 0. The molecule has 0 aliphatic heterocycles. The number of ether oxygens (including phenoxy) is 3. The normalized spacial score (nSPS) is 21.7. The first-order valence-electron chi connectivity index (χ1n) is 10.8. The van der Waals surface area contributed by atoms with Crippen molar-refractivity contribution < 1.29 is 45.3 Å². The van der Waals surface area contributed by atoms with Gasteiger partial charge in [-0.15, -0.1) is 0 Å². The molecule has 35 heavy (non-hydrogen) atoms. The van der Waals surface area contributed by atoms with E-state index in [1.54, 1.807) is 6.92 Å². The van der Waals surface area contributed by atoms with Crippen LogP contribution < -0.4 is 9.47 Å². The molecular weight excluding hydrogens is 478 g/mol. The van der Waals surface area contributed by atoms with Crippen LogP contribution in [0, 0.1) is 11.7 Å². The van der Waals surface area contributed by atoms with E-state index in [2.05, 4.69) is 0 Å². The van der Waals surface area contributed by atoms with Crippen molar-refractivity contribution >= 4 is 5.97 Å². The maximum atomic E-state index is 15.3. The van der Waals surface area contributed by atoms with E-state index in [0.29, 0.717) is 12.4 Å². The van der Waals surface area contributed by atoms with Crippen LogP contribution in [0.25, 0.3) is 0 Å². The minimum atomic E-state index is -5.06. The molecule has 2 aliphatic rings. The minimum Gasteiger partial charge on any atom is -0.494 e. The Bertz CT molecular complexity index is 1200. The fraction of sp³-hybridized carbons (Fsp3) is 0.320. The van der Waals surface area contributed by atoms with E-state index in [0.717, 1.165) is 24.3 Å². The monoisotopic (exact) mass is 498 g/mol. The molecule has 2 unspecified atom stereocenters. The average Bonchev–Trinajstić information content (AvgIpc) is 2.81. The van der Waals surface area contributed by atoms with Crippen LogP contribution in [-0.2, 0) is 10.7 Å². The number of hydrogen-bond donors (Lipinski definition) is 0. The summed E-state index contributed by atoms with van der Waals surface area (Å²) < 4.78 is 105.